The van der Waals surface area contributed by atoms with Gasteiger partial charge in [0, 0.05) is 19.0 Å². The van der Waals surface area contributed by atoms with Crippen molar-refractivity contribution in [3.8, 4) is 0 Å². The van der Waals surface area contributed by atoms with E-state index in [9.17, 15) is 14.4 Å². The summed E-state index contributed by atoms with van der Waals surface area (Å²) in [7, 11) is 0. The van der Waals surface area contributed by atoms with Gasteiger partial charge in [-0.2, -0.15) is 0 Å². The zero-order valence-corrected chi connectivity index (χ0v) is 14.5. The zero-order chi connectivity index (χ0) is 17.2. The molecule has 3 N–H and O–H groups in total. The van der Waals surface area contributed by atoms with Crippen molar-refractivity contribution in [1.82, 2.24) is 20.9 Å². The lowest BCUT2D eigenvalue weighted by molar-refractivity contribution is -0.126. The average Bonchev–Trinajstić information content (AvgIpc) is 2.51. The smallest absolute Gasteiger partial charge is 0.321 e. The molecule has 0 bridgehead atoms. The van der Waals surface area contributed by atoms with Gasteiger partial charge in [0.25, 0.3) is 0 Å². The van der Waals surface area contributed by atoms with Crippen LogP contribution in [0.2, 0.25) is 0 Å². The Balaban J connectivity index is 2.23. The van der Waals surface area contributed by atoms with Gasteiger partial charge in [-0.15, -0.1) is 0 Å². The maximum atomic E-state index is 11.9. The predicted molar refractivity (Wildman–Crippen MR) is 88.8 cm³/mol. The second-order valence-corrected chi connectivity index (χ2v) is 6.49. The fourth-order valence-corrected chi connectivity index (χ4v) is 2.46. The molecule has 132 valence electrons. The molecule has 1 heterocycles. The maximum Gasteiger partial charge on any atom is 0.321 e. The van der Waals surface area contributed by atoms with Crippen LogP contribution in [0, 0.1) is 11.8 Å². The third-order valence-electron chi connectivity index (χ3n) is 3.80. The predicted octanol–water partition coefficient (Wildman–Crippen LogP) is 0.706. The fourth-order valence-electron chi connectivity index (χ4n) is 2.46. The summed E-state index contributed by atoms with van der Waals surface area (Å²) in [5, 5.41) is 7.90. The number of likely N-dealkylation sites (tertiary alicyclic amines) is 1. The van der Waals surface area contributed by atoms with E-state index < -0.39 is 6.03 Å². The highest BCUT2D eigenvalue weighted by atomic mass is 16.2. The summed E-state index contributed by atoms with van der Waals surface area (Å²) in [4.78, 5) is 37.2. The molecule has 0 spiro atoms. The minimum absolute atomic E-state index is 0.0372. The molecule has 0 saturated carbocycles. The first-order valence-electron chi connectivity index (χ1n) is 8.50. The van der Waals surface area contributed by atoms with Crippen molar-refractivity contribution in [2.24, 2.45) is 11.8 Å². The number of carbonyl (C=O) groups excluding carboxylic acids is 3. The van der Waals surface area contributed by atoms with E-state index in [1.165, 1.54) is 0 Å². The summed E-state index contributed by atoms with van der Waals surface area (Å²) < 4.78 is 0. The van der Waals surface area contributed by atoms with E-state index in [-0.39, 0.29) is 24.3 Å². The Morgan fingerprint density at radius 3 is 2.35 bits per heavy atom. The summed E-state index contributed by atoms with van der Waals surface area (Å²) in [5.41, 5.74) is 0. The largest absolute Gasteiger partial charge is 0.356 e. The number of nitrogens with one attached hydrogen (secondary N) is 3. The van der Waals surface area contributed by atoms with Crippen molar-refractivity contribution in [2.75, 3.05) is 32.7 Å². The van der Waals surface area contributed by atoms with Crippen LogP contribution in [0.1, 0.15) is 40.0 Å². The molecule has 1 saturated heterocycles. The van der Waals surface area contributed by atoms with Crippen LogP contribution in [0.4, 0.5) is 4.79 Å². The molecule has 0 atom stereocenters. The number of hydrogen-bond donors (Lipinski definition) is 3. The van der Waals surface area contributed by atoms with Crippen molar-refractivity contribution in [3.05, 3.63) is 0 Å². The highest BCUT2D eigenvalue weighted by molar-refractivity contribution is 5.95. The van der Waals surface area contributed by atoms with Crippen molar-refractivity contribution in [3.63, 3.8) is 0 Å². The molecule has 0 unspecified atom stereocenters. The van der Waals surface area contributed by atoms with Crippen LogP contribution >= 0.6 is 0 Å². The number of hydrogen-bond acceptors (Lipinski definition) is 4. The average molecular weight is 326 g/mol. The lowest BCUT2D eigenvalue weighted by atomic mass is 9.96. The Hall–Kier alpha value is -1.63. The molecule has 4 amide bonds. The van der Waals surface area contributed by atoms with Gasteiger partial charge in [-0.3, -0.25) is 19.8 Å². The second kappa shape index (κ2) is 10.2. The molecule has 0 aliphatic carbocycles. The van der Waals surface area contributed by atoms with E-state index in [2.05, 4.69) is 16.0 Å². The molecule has 1 fully saturated rings. The summed E-state index contributed by atoms with van der Waals surface area (Å²) in [5.74, 6) is 0.188. The van der Waals surface area contributed by atoms with Crippen molar-refractivity contribution in [1.29, 1.82) is 0 Å². The van der Waals surface area contributed by atoms with Gasteiger partial charge in [0.05, 0.1) is 6.54 Å². The quantitative estimate of drug-likeness (QED) is 0.642. The lowest BCUT2D eigenvalue weighted by Crippen LogP contribution is -2.48. The SMILES string of the molecule is CCCNC(=O)C1CCN(CC(=O)NC(=O)NCC(C)C)CC1. The third-order valence-corrected chi connectivity index (χ3v) is 3.80. The van der Waals surface area contributed by atoms with Crippen LogP contribution in [0.15, 0.2) is 0 Å². The number of urea groups is 1. The standard InChI is InChI=1S/C16H30N4O3/c1-4-7-17-15(22)13-5-8-20(9-6-13)11-14(21)19-16(23)18-10-12(2)3/h12-13H,4-11H2,1-3H3,(H,17,22)(H2,18,19,21,23). The van der Waals surface area contributed by atoms with Crippen LogP contribution < -0.4 is 16.0 Å². The molecule has 1 aliphatic heterocycles. The maximum absolute atomic E-state index is 11.9. The van der Waals surface area contributed by atoms with Crippen LogP contribution in [0.25, 0.3) is 0 Å². The molecule has 23 heavy (non-hydrogen) atoms. The molecule has 0 aromatic rings. The molecule has 0 aromatic carbocycles. The summed E-state index contributed by atoms with van der Waals surface area (Å²) in [6.45, 7) is 8.85. The molecule has 0 radical (unpaired) electrons. The van der Waals surface area contributed by atoms with Gasteiger partial charge >= 0.3 is 6.03 Å². The Morgan fingerprint density at radius 1 is 1.13 bits per heavy atom. The van der Waals surface area contributed by atoms with E-state index in [1.54, 1.807) is 0 Å². The van der Waals surface area contributed by atoms with Gasteiger partial charge in [-0.25, -0.2) is 4.79 Å². The molecule has 0 aromatic heterocycles. The third kappa shape index (κ3) is 7.97. The van der Waals surface area contributed by atoms with Crippen LogP contribution in [-0.4, -0.2) is 55.5 Å². The van der Waals surface area contributed by atoms with Crippen molar-refractivity contribution >= 4 is 17.8 Å². The van der Waals surface area contributed by atoms with Crippen molar-refractivity contribution in [2.45, 2.75) is 40.0 Å². The fraction of sp³-hybridized carbons (Fsp3) is 0.812. The Labute approximate surface area is 138 Å². The number of amides is 4. The van der Waals surface area contributed by atoms with Gasteiger partial charge in [-0.05, 0) is 38.3 Å². The number of imide groups is 1. The lowest BCUT2D eigenvalue weighted by Gasteiger charge is -2.30. The number of rotatable bonds is 7. The van der Waals surface area contributed by atoms with Crippen molar-refractivity contribution < 1.29 is 14.4 Å². The van der Waals surface area contributed by atoms with Gasteiger partial charge < -0.3 is 10.6 Å². The minimum atomic E-state index is -0.447. The molecule has 1 aliphatic rings. The summed E-state index contributed by atoms with van der Waals surface area (Å²) >= 11 is 0. The first kappa shape index (κ1) is 19.4. The molecule has 7 heteroatoms. The molecular weight excluding hydrogens is 296 g/mol. The molecular formula is C16H30N4O3. The summed E-state index contributed by atoms with van der Waals surface area (Å²) in [6.07, 6.45) is 2.44. The minimum Gasteiger partial charge on any atom is -0.356 e. The molecule has 7 nitrogen and oxygen atoms in total. The van der Waals surface area contributed by atoms with E-state index in [1.807, 2.05) is 25.7 Å². The van der Waals surface area contributed by atoms with Gasteiger partial charge in [0.1, 0.15) is 0 Å². The van der Waals surface area contributed by atoms with Gasteiger partial charge in [-0.1, -0.05) is 20.8 Å². The van der Waals surface area contributed by atoms with E-state index in [0.29, 0.717) is 32.1 Å². The van der Waals surface area contributed by atoms with Crippen LogP contribution in [0.3, 0.4) is 0 Å². The Morgan fingerprint density at radius 2 is 1.78 bits per heavy atom. The zero-order valence-electron chi connectivity index (χ0n) is 14.5. The second-order valence-electron chi connectivity index (χ2n) is 6.49. The van der Waals surface area contributed by atoms with E-state index >= 15 is 0 Å². The monoisotopic (exact) mass is 326 g/mol. The highest BCUT2D eigenvalue weighted by Gasteiger charge is 2.25. The van der Waals surface area contributed by atoms with E-state index in [0.717, 1.165) is 19.3 Å². The first-order chi connectivity index (χ1) is 10.9. The normalized spacial score (nSPS) is 16.2. The van der Waals surface area contributed by atoms with Gasteiger partial charge in [0.15, 0.2) is 0 Å². The van der Waals surface area contributed by atoms with Crippen LogP contribution in [0.5, 0.6) is 0 Å². The number of nitrogens with zero attached hydrogens (tertiary/aromatic N) is 1. The first-order valence-corrected chi connectivity index (χ1v) is 8.50. The highest BCUT2D eigenvalue weighted by Crippen LogP contribution is 2.16. The topological polar surface area (TPSA) is 90.5 Å². The number of carbonyl (C=O) groups is 3. The molecule has 1 rings (SSSR count). The Bertz CT molecular complexity index is 404. The van der Waals surface area contributed by atoms with E-state index in [4.69, 9.17) is 0 Å². The summed E-state index contributed by atoms with van der Waals surface area (Å²) in [6, 6.07) is -0.447. The van der Waals surface area contributed by atoms with Crippen LogP contribution in [-0.2, 0) is 9.59 Å². The number of piperidine rings is 1. The Kier molecular flexibility index (Phi) is 8.61. The van der Waals surface area contributed by atoms with Gasteiger partial charge in [0.2, 0.25) is 11.8 Å².